The highest BCUT2D eigenvalue weighted by Gasteiger charge is 2.32. The lowest BCUT2D eigenvalue weighted by molar-refractivity contribution is 0.113. The molecule has 1 N–H and O–H groups in total. The fourth-order valence-electron chi connectivity index (χ4n) is 3.73. The lowest BCUT2D eigenvalue weighted by atomic mass is 10.1. The lowest BCUT2D eigenvalue weighted by Crippen LogP contribution is -2.19. The van der Waals surface area contributed by atoms with Gasteiger partial charge in [0, 0.05) is 34.1 Å². The largest absolute Gasteiger partial charge is 0.493 e. The number of ether oxygens (including phenoxy) is 3. The first-order chi connectivity index (χ1) is 15.5. The molecule has 174 valence electrons. The zero-order chi connectivity index (χ0) is 22.8. The molecule has 0 saturated heterocycles. The first kappa shape index (κ1) is 24.3. The minimum Gasteiger partial charge on any atom is -0.493 e. The maximum absolute atomic E-state index is 5.96. The van der Waals surface area contributed by atoms with E-state index in [1.54, 1.807) is 21.1 Å². The van der Waals surface area contributed by atoms with Crippen LogP contribution in [0.3, 0.4) is 0 Å². The molecule has 3 aromatic rings. The SMILES string of the molecule is C#CC(C)O/N=C1/c2cc(OC)c(OC)cc2-c2[nH]c3ccc(OCCN(C)C)cc3c21.Cl. The Bertz CT molecular complexity index is 1230. The number of benzene rings is 2. The summed E-state index contributed by atoms with van der Waals surface area (Å²) in [4.78, 5) is 11.2. The van der Waals surface area contributed by atoms with Gasteiger partial charge < -0.3 is 28.9 Å². The molecule has 1 aliphatic rings. The average Bonchev–Trinajstić information content (AvgIpc) is 3.30. The second-order valence-electron chi connectivity index (χ2n) is 7.84. The molecule has 0 radical (unpaired) electrons. The maximum atomic E-state index is 5.96. The van der Waals surface area contributed by atoms with Crippen molar-refractivity contribution in [3.05, 3.63) is 41.5 Å². The lowest BCUT2D eigenvalue weighted by Gasteiger charge is -2.12. The number of rotatable bonds is 8. The van der Waals surface area contributed by atoms with Crippen LogP contribution in [0.4, 0.5) is 0 Å². The number of nitrogens with zero attached hydrogens (tertiary/aromatic N) is 2. The van der Waals surface area contributed by atoms with Crippen molar-refractivity contribution in [2.45, 2.75) is 13.0 Å². The summed E-state index contributed by atoms with van der Waals surface area (Å²) in [6.45, 7) is 3.21. The van der Waals surface area contributed by atoms with E-state index < -0.39 is 6.10 Å². The third-order valence-electron chi connectivity index (χ3n) is 5.40. The van der Waals surface area contributed by atoms with E-state index in [-0.39, 0.29) is 12.4 Å². The van der Waals surface area contributed by atoms with Crippen LogP contribution in [0.1, 0.15) is 18.1 Å². The van der Waals surface area contributed by atoms with Crippen molar-refractivity contribution in [1.29, 1.82) is 0 Å². The Morgan fingerprint density at radius 3 is 2.42 bits per heavy atom. The number of halogens is 1. The van der Waals surface area contributed by atoms with E-state index in [2.05, 4.69) is 21.0 Å². The van der Waals surface area contributed by atoms with E-state index in [9.17, 15) is 0 Å². The van der Waals surface area contributed by atoms with Gasteiger partial charge in [0.25, 0.3) is 0 Å². The summed E-state index contributed by atoms with van der Waals surface area (Å²) in [5.41, 5.74) is 5.39. The molecule has 0 aliphatic heterocycles. The van der Waals surface area contributed by atoms with Crippen LogP contribution in [0.15, 0.2) is 35.5 Å². The molecule has 8 heteroatoms. The fraction of sp³-hybridized carbons (Fsp3) is 0.320. The zero-order valence-corrected chi connectivity index (χ0v) is 20.2. The van der Waals surface area contributed by atoms with Crippen molar-refractivity contribution in [3.63, 3.8) is 0 Å². The fourth-order valence-corrected chi connectivity index (χ4v) is 3.73. The average molecular weight is 470 g/mol. The Hall–Kier alpha value is -3.34. The third kappa shape index (κ3) is 4.58. The maximum Gasteiger partial charge on any atom is 0.184 e. The Morgan fingerprint density at radius 2 is 1.79 bits per heavy atom. The Labute approximate surface area is 200 Å². The number of hydrogen-bond donors (Lipinski definition) is 1. The molecule has 4 rings (SSSR count). The molecule has 1 aromatic heterocycles. The number of aromatic amines is 1. The second kappa shape index (κ2) is 10.1. The first-order valence-electron chi connectivity index (χ1n) is 10.4. The number of nitrogens with one attached hydrogen (secondary N) is 1. The number of terminal acetylenes is 1. The van der Waals surface area contributed by atoms with Crippen LogP contribution in [-0.4, -0.2) is 63.2 Å². The van der Waals surface area contributed by atoms with Crippen molar-refractivity contribution in [2.75, 3.05) is 41.5 Å². The van der Waals surface area contributed by atoms with Gasteiger partial charge in [-0.2, -0.15) is 0 Å². The number of H-pyrrole nitrogens is 1. The minimum atomic E-state index is -0.453. The Morgan fingerprint density at radius 1 is 1.09 bits per heavy atom. The summed E-state index contributed by atoms with van der Waals surface area (Å²) < 4.78 is 17.0. The van der Waals surface area contributed by atoms with Gasteiger partial charge in [0.15, 0.2) is 17.6 Å². The van der Waals surface area contributed by atoms with Gasteiger partial charge in [0.1, 0.15) is 18.1 Å². The Balaban J connectivity index is 0.00000306. The number of aromatic nitrogens is 1. The summed E-state index contributed by atoms with van der Waals surface area (Å²) >= 11 is 0. The van der Waals surface area contributed by atoms with Gasteiger partial charge >= 0.3 is 0 Å². The van der Waals surface area contributed by atoms with Gasteiger partial charge in [-0.1, -0.05) is 11.1 Å². The van der Waals surface area contributed by atoms with Crippen LogP contribution >= 0.6 is 12.4 Å². The molecule has 0 bridgehead atoms. The summed E-state index contributed by atoms with van der Waals surface area (Å²) in [6.07, 6.45) is 5.03. The molecule has 7 nitrogen and oxygen atoms in total. The quantitative estimate of drug-likeness (QED) is 0.307. The van der Waals surface area contributed by atoms with Crippen molar-refractivity contribution < 1.29 is 19.0 Å². The highest BCUT2D eigenvalue weighted by Crippen LogP contribution is 2.46. The van der Waals surface area contributed by atoms with Crippen LogP contribution in [-0.2, 0) is 4.84 Å². The van der Waals surface area contributed by atoms with E-state index in [1.807, 2.05) is 44.4 Å². The third-order valence-corrected chi connectivity index (χ3v) is 5.40. The van der Waals surface area contributed by atoms with Crippen LogP contribution in [0.2, 0.25) is 0 Å². The van der Waals surface area contributed by atoms with Gasteiger partial charge in [-0.05, 0) is 51.4 Å². The summed E-state index contributed by atoms with van der Waals surface area (Å²) in [5.74, 6) is 4.60. The number of hydrogen-bond acceptors (Lipinski definition) is 6. The predicted octanol–water partition coefficient (Wildman–Crippen LogP) is 4.32. The molecule has 0 fully saturated rings. The normalized spacial score (nSPS) is 13.8. The molecule has 1 heterocycles. The topological polar surface area (TPSA) is 68.3 Å². The highest BCUT2D eigenvalue weighted by molar-refractivity contribution is 6.30. The molecular weight excluding hydrogens is 442 g/mol. The van der Waals surface area contributed by atoms with Gasteiger partial charge in [-0.15, -0.1) is 18.8 Å². The van der Waals surface area contributed by atoms with E-state index in [0.29, 0.717) is 23.8 Å². The predicted molar refractivity (Wildman–Crippen MR) is 133 cm³/mol. The smallest absolute Gasteiger partial charge is 0.184 e. The highest BCUT2D eigenvalue weighted by atomic mass is 35.5. The monoisotopic (exact) mass is 469 g/mol. The summed E-state index contributed by atoms with van der Waals surface area (Å²) in [5, 5.41) is 5.45. The van der Waals surface area contributed by atoms with Crippen LogP contribution in [0.25, 0.3) is 22.2 Å². The molecule has 1 aliphatic carbocycles. The zero-order valence-electron chi connectivity index (χ0n) is 19.4. The van der Waals surface area contributed by atoms with E-state index in [1.165, 1.54) is 0 Å². The van der Waals surface area contributed by atoms with Gasteiger partial charge in [-0.25, -0.2) is 0 Å². The molecule has 1 atom stereocenters. The van der Waals surface area contributed by atoms with Crippen molar-refractivity contribution in [3.8, 4) is 40.8 Å². The van der Waals surface area contributed by atoms with Crippen LogP contribution < -0.4 is 14.2 Å². The van der Waals surface area contributed by atoms with Crippen molar-refractivity contribution in [2.24, 2.45) is 5.16 Å². The van der Waals surface area contributed by atoms with E-state index in [4.69, 9.17) is 25.5 Å². The molecule has 33 heavy (non-hydrogen) atoms. The van der Waals surface area contributed by atoms with Crippen molar-refractivity contribution in [1.82, 2.24) is 9.88 Å². The van der Waals surface area contributed by atoms with E-state index in [0.717, 1.165) is 45.6 Å². The number of oxime groups is 1. The summed E-state index contributed by atoms with van der Waals surface area (Å²) in [7, 11) is 7.27. The number of methoxy groups -OCH3 is 2. The molecule has 0 amide bonds. The number of likely N-dealkylation sites (N-methyl/N-ethyl adjacent to an activating group) is 1. The second-order valence-corrected chi connectivity index (χ2v) is 7.84. The summed E-state index contributed by atoms with van der Waals surface area (Å²) in [6, 6.07) is 9.87. The van der Waals surface area contributed by atoms with Gasteiger partial charge in [0.05, 0.1) is 19.9 Å². The number of fused-ring (bicyclic) bond motifs is 5. The molecule has 1 unspecified atom stereocenters. The van der Waals surface area contributed by atoms with Gasteiger partial charge in [-0.3, -0.25) is 0 Å². The molecule has 0 spiro atoms. The van der Waals surface area contributed by atoms with Gasteiger partial charge in [0.2, 0.25) is 0 Å². The molecule has 2 aromatic carbocycles. The van der Waals surface area contributed by atoms with Crippen molar-refractivity contribution >= 4 is 29.0 Å². The minimum absolute atomic E-state index is 0. The standard InChI is InChI=1S/C25H27N3O4.ClH/c1-7-15(2)32-27-25-18-14-22(30-6)21(29-5)13-17(18)24-23(25)19-12-16(8-9-20(19)26-24)31-11-10-28(3)4;/h1,8-9,12-15,26H,10-11H2,2-6H3;1H/b27-25-;. The van der Waals surface area contributed by atoms with Crippen LogP contribution in [0.5, 0.6) is 17.2 Å². The van der Waals surface area contributed by atoms with Crippen LogP contribution in [0, 0.1) is 12.3 Å². The Kier molecular flexibility index (Phi) is 7.42. The molecular formula is C25H28ClN3O4. The molecule has 0 saturated carbocycles. The van der Waals surface area contributed by atoms with E-state index >= 15 is 0 Å². The first-order valence-corrected chi connectivity index (χ1v) is 10.4.